The molecule has 1 saturated heterocycles. The quantitative estimate of drug-likeness (QED) is 0.555. The van der Waals surface area contributed by atoms with Crippen molar-refractivity contribution in [2.45, 2.75) is 40.7 Å². The number of Topliss-reactive ketones (excluding diaryl/α,β-unsaturated/α-hetero) is 1. The van der Waals surface area contributed by atoms with Crippen molar-refractivity contribution < 1.29 is 14.4 Å². The number of carbonyl (C=O) groups is 3. The molecule has 1 aromatic heterocycles. The largest absolute Gasteiger partial charge is 0.342 e. The number of benzene rings is 1. The minimum atomic E-state index is -0.489. The summed E-state index contributed by atoms with van der Waals surface area (Å²) in [6, 6.07) is 7.46. The van der Waals surface area contributed by atoms with Gasteiger partial charge in [-0.25, -0.2) is 0 Å². The Morgan fingerprint density at radius 2 is 1.66 bits per heavy atom. The smallest absolute Gasteiger partial charge is 0.295 e. The Kier molecular flexibility index (Phi) is 6.40. The average molecular weight is 398 g/mol. The first kappa shape index (κ1) is 21.1. The van der Waals surface area contributed by atoms with Crippen LogP contribution in [0.3, 0.4) is 0 Å². The molecule has 0 N–H and O–H groups in total. The number of piperidine rings is 1. The SMILES string of the molecule is CCN(CC)C(=O)Cn1cc(C(=O)C(=O)N2C[C@@H](C)C[C@H](C)C2)c2ccccc21. The molecule has 2 heterocycles. The van der Waals surface area contributed by atoms with Crippen LogP contribution < -0.4 is 0 Å². The summed E-state index contributed by atoms with van der Waals surface area (Å²) in [7, 11) is 0. The number of amides is 2. The van der Waals surface area contributed by atoms with Crippen LogP contribution in [-0.4, -0.2) is 58.1 Å². The number of rotatable bonds is 6. The van der Waals surface area contributed by atoms with Crippen molar-refractivity contribution in [3.05, 3.63) is 36.0 Å². The van der Waals surface area contributed by atoms with Crippen LogP contribution in [-0.2, 0) is 16.1 Å². The molecule has 6 nitrogen and oxygen atoms in total. The van der Waals surface area contributed by atoms with Gasteiger partial charge in [-0.2, -0.15) is 0 Å². The molecule has 2 amide bonds. The molecule has 156 valence electrons. The lowest BCUT2D eigenvalue weighted by Crippen LogP contribution is -2.45. The zero-order valence-corrected chi connectivity index (χ0v) is 17.9. The predicted octanol–water partition coefficient (Wildman–Crippen LogP) is 3.20. The molecule has 2 atom stereocenters. The van der Waals surface area contributed by atoms with Gasteiger partial charge in [0, 0.05) is 43.3 Å². The minimum Gasteiger partial charge on any atom is -0.342 e. The molecule has 0 aliphatic carbocycles. The predicted molar refractivity (Wildman–Crippen MR) is 114 cm³/mol. The third-order valence-electron chi connectivity index (χ3n) is 5.81. The van der Waals surface area contributed by atoms with Gasteiger partial charge in [0.1, 0.15) is 6.54 Å². The molecule has 0 saturated carbocycles. The van der Waals surface area contributed by atoms with E-state index in [4.69, 9.17) is 0 Å². The number of aromatic nitrogens is 1. The van der Waals surface area contributed by atoms with Gasteiger partial charge in [-0.15, -0.1) is 0 Å². The van der Waals surface area contributed by atoms with Gasteiger partial charge in [-0.3, -0.25) is 14.4 Å². The highest BCUT2D eigenvalue weighted by atomic mass is 16.2. The summed E-state index contributed by atoms with van der Waals surface area (Å²) in [6.45, 7) is 10.8. The molecule has 1 aromatic carbocycles. The number of hydrogen-bond acceptors (Lipinski definition) is 3. The summed E-state index contributed by atoms with van der Waals surface area (Å²) >= 11 is 0. The number of likely N-dealkylation sites (tertiary alicyclic amines) is 1. The second-order valence-corrected chi connectivity index (χ2v) is 8.24. The first-order chi connectivity index (χ1) is 13.8. The molecule has 2 aromatic rings. The third kappa shape index (κ3) is 4.36. The topological polar surface area (TPSA) is 62.6 Å². The molecule has 3 rings (SSSR count). The maximum absolute atomic E-state index is 13.1. The molecule has 0 bridgehead atoms. The number of para-hydroxylation sites is 1. The highest BCUT2D eigenvalue weighted by Crippen LogP contribution is 2.25. The van der Waals surface area contributed by atoms with Crippen LogP contribution in [0.25, 0.3) is 10.9 Å². The molecule has 1 fully saturated rings. The van der Waals surface area contributed by atoms with Crippen LogP contribution in [0.1, 0.15) is 44.5 Å². The molecule has 1 aliphatic rings. The maximum atomic E-state index is 13.1. The lowest BCUT2D eigenvalue weighted by Gasteiger charge is -2.34. The second-order valence-electron chi connectivity index (χ2n) is 8.24. The fourth-order valence-electron chi connectivity index (χ4n) is 4.47. The molecule has 6 heteroatoms. The van der Waals surface area contributed by atoms with E-state index in [0.717, 1.165) is 17.3 Å². The lowest BCUT2D eigenvalue weighted by atomic mass is 9.91. The van der Waals surface area contributed by atoms with Crippen molar-refractivity contribution in [3.8, 4) is 0 Å². The van der Waals surface area contributed by atoms with Crippen LogP contribution in [0, 0.1) is 11.8 Å². The Bertz CT molecular complexity index is 903. The minimum absolute atomic E-state index is 0.000223. The Hall–Kier alpha value is -2.63. The van der Waals surface area contributed by atoms with Gasteiger partial charge >= 0.3 is 0 Å². The number of fused-ring (bicyclic) bond motifs is 1. The van der Waals surface area contributed by atoms with Gasteiger partial charge < -0.3 is 14.4 Å². The van der Waals surface area contributed by atoms with Crippen molar-refractivity contribution in [3.63, 3.8) is 0 Å². The molecule has 0 unspecified atom stereocenters. The molecular weight excluding hydrogens is 366 g/mol. The highest BCUT2D eigenvalue weighted by Gasteiger charge is 2.31. The van der Waals surface area contributed by atoms with E-state index >= 15 is 0 Å². The molecule has 0 spiro atoms. The Balaban J connectivity index is 1.90. The van der Waals surface area contributed by atoms with E-state index in [2.05, 4.69) is 13.8 Å². The number of hydrogen-bond donors (Lipinski definition) is 0. The summed E-state index contributed by atoms with van der Waals surface area (Å²) in [5.74, 6) is -0.148. The number of ketones is 1. The fraction of sp³-hybridized carbons (Fsp3) is 0.522. The van der Waals surface area contributed by atoms with Crippen LogP contribution in [0.15, 0.2) is 30.5 Å². The van der Waals surface area contributed by atoms with Crippen molar-refractivity contribution >= 4 is 28.5 Å². The van der Waals surface area contributed by atoms with E-state index in [1.807, 2.05) is 38.1 Å². The van der Waals surface area contributed by atoms with E-state index in [0.29, 0.717) is 43.6 Å². The summed E-state index contributed by atoms with van der Waals surface area (Å²) in [5, 5.41) is 0.719. The first-order valence-electron chi connectivity index (χ1n) is 10.5. The molecule has 1 aliphatic heterocycles. The van der Waals surface area contributed by atoms with E-state index in [1.54, 1.807) is 20.6 Å². The van der Waals surface area contributed by atoms with Gasteiger partial charge in [-0.05, 0) is 38.2 Å². The zero-order chi connectivity index (χ0) is 21.1. The second kappa shape index (κ2) is 8.80. The number of likely N-dealkylation sites (N-methyl/N-ethyl adjacent to an activating group) is 1. The van der Waals surface area contributed by atoms with Crippen molar-refractivity contribution in [2.24, 2.45) is 11.8 Å². The van der Waals surface area contributed by atoms with Crippen LogP contribution in [0.2, 0.25) is 0 Å². The van der Waals surface area contributed by atoms with Gasteiger partial charge in [0.05, 0.1) is 5.56 Å². The van der Waals surface area contributed by atoms with E-state index in [-0.39, 0.29) is 12.5 Å². The van der Waals surface area contributed by atoms with Gasteiger partial charge in [0.2, 0.25) is 5.91 Å². The summed E-state index contributed by atoms with van der Waals surface area (Å²) in [5.41, 5.74) is 1.17. The summed E-state index contributed by atoms with van der Waals surface area (Å²) in [6.07, 6.45) is 2.74. The maximum Gasteiger partial charge on any atom is 0.295 e. The van der Waals surface area contributed by atoms with Crippen molar-refractivity contribution in [1.29, 1.82) is 0 Å². The average Bonchev–Trinajstić information content (AvgIpc) is 3.05. The lowest BCUT2D eigenvalue weighted by molar-refractivity contribution is -0.131. The molecule has 0 radical (unpaired) electrons. The van der Waals surface area contributed by atoms with E-state index < -0.39 is 11.7 Å². The fourth-order valence-corrected chi connectivity index (χ4v) is 4.47. The number of carbonyl (C=O) groups excluding carboxylic acids is 3. The Morgan fingerprint density at radius 1 is 1.03 bits per heavy atom. The summed E-state index contributed by atoms with van der Waals surface area (Å²) < 4.78 is 1.79. The van der Waals surface area contributed by atoms with Crippen LogP contribution in [0.5, 0.6) is 0 Å². The third-order valence-corrected chi connectivity index (χ3v) is 5.81. The molecular formula is C23H31N3O3. The highest BCUT2D eigenvalue weighted by molar-refractivity contribution is 6.44. The van der Waals surface area contributed by atoms with Crippen LogP contribution in [0.4, 0.5) is 0 Å². The zero-order valence-electron chi connectivity index (χ0n) is 17.9. The van der Waals surface area contributed by atoms with Gasteiger partial charge in [0.15, 0.2) is 0 Å². The molecule has 29 heavy (non-hydrogen) atoms. The summed E-state index contributed by atoms with van der Waals surface area (Å²) in [4.78, 5) is 42.1. The van der Waals surface area contributed by atoms with Crippen molar-refractivity contribution in [1.82, 2.24) is 14.4 Å². The van der Waals surface area contributed by atoms with Crippen LogP contribution >= 0.6 is 0 Å². The Labute approximate surface area is 172 Å². The monoisotopic (exact) mass is 397 g/mol. The Morgan fingerprint density at radius 3 is 2.28 bits per heavy atom. The number of nitrogens with zero attached hydrogens (tertiary/aromatic N) is 3. The normalized spacial score (nSPS) is 19.4. The van der Waals surface area contributed by atoms with E-state index in [1.165, 1.54) is 0 Å². The van der Waals surface area contributed by atoms with E-state index in [9.17, 15) is 14.4 Å². The first-order valence-corrected chi connectivity index (χ1v) is 10.5. The standard InChI is InChI=1S/C23H31N3O3/c1-5-24(6-2)21(27)15-25-14-19(18-9-7-8-10-20(18)25)22(28)23(29)26-12-16(3)11-17(4)13-26/h7-10,14,16-17H,5-6,11-13,15H2,1-4H3/t16-,17-/m0/s1. The van der Waals surface area contributed by atoms with Gasteiger partial charge in [-0.1, -0.05) is 32.0 Å². The van der Waals surface area contributed by atoms with Crippen molar-refractivity contribution in [2.75, 3.05) is 26.2 Å². The van der Waals surface area contributed by atoms with Gasteiger partial charge in [0.25, 0.3) is 11.7 Å².